The average Bonchev–Trinajstić information content (AvgIpc) is 3.33. The highest BCUT2D eigenvalue weighted by molar-refractivity contribution is 5.81. The molecule has 0 radical (unpaired) electrons. The van der Waals surface area contributed by atoms with Crippen molar-refractivity contribution >= 4 is 10.9 Å². The first-order valence-corrected chi connectivity index (χ1v) is 12.6. The van der Waals surface area contributed by atoms with Crippen molar-refractivity contribution in [2.24, 2.45) is 0 Å². The molecule has 9 nitrogen and oxygen atoms in total. The van der Waals surface area contributed by atoms with Crippen LogP contribution in [0.2, 0.25) is 0 Å². The Morgan fingerprint density at radius 1 is 1.15 bits per heavy atom. The molecule has 5 rings (SSSR count). The van der Waals surface area contributed by atoms with Gasteiger partial charge in [-0.25, -0.2) is 4.68 Å². The highest BCUT2D eigenvalue weighted by Crippen LogP contribution is 2.28. The third-order valence-corrected chi connectivity index (χ3v) is 7.24. The van der Waals surface area contributed by atoms with Crippen LogP contribution in [0.5, 0.6) is 0 Å². The molecule has 3 heterocycles. The SMILES string of the molecule is Cc1cccc2cc(CN(CCN3CCOCC3)Cc3nnnn3C3CCCCC3)c(=O)[nH]c12. The standard InChI is InChI=1S/C25H35N7O2/c1-19-6-5-7-20-16-21(25(33)26-24(19)20)17-31(11-10-30-12-14-34-15-13-30)18-23-27-28-29-32(23)22-8-3-2-4-9-22/h5-7,16,22H,2-4,8-15,17-18H2,1H3,(H,26,33). The number of para-hydroxylation sites is 1. The van der Waals surface area contributed by atoms with Crippen molar-refractivity contribution in [1.82, 2.24) is 35.0 Å². The van der Waals surface area contributed by atoms with Crippen LogP contribution in [-0.2, 0) is 17.8 Å². The Morgan fingerprint density at radius 3 is 2.79 bits per heavy atom. The number of tetrazole rings is 1. The Kier molecular flexibility index (Phi) is 7.32. The summed E-state index contributed by atoms with van der Waals surface area (Å²) in [6.45, 7) is 8.43. The van der Waals surface area contributed by atoms with Gasteiger partial charge in [-0.1, -0.05) is 37.5 Å². The monoisotopic (exact) mass is 465 g/mol. The van der Waals surface area contributed by atoms with Gasteiger partial charge >= 0.3 is 0 Å². The molecule has 0 atom stereocenters. The van der Waals surface area contributed by atoms with Gasteiger partial charge in [0.05, 0.1) is 31.3 Å². The number of aryl methyl sites for hydroxylation is 1. The molecule has 2 aliphatic rings. The molecule has 0 bridgehead atoms. The number of aromatic nitrogens is 5. The lowest BCUT2D eigenvalue weighted by atomic mass is 9.95. The summed E-state index contributed by atoms with van der Waals surface area (Å²) in [5, 5.41) is 13.8. The lowest BCUT2D eigenvalue weighted by Gasteiger charge is -2.30. The first kappa shape index (κ1) is 23.1. The molecule has 34 heavy (non-hydrogen) atoms. The number of nitrogens with zero attached hydrogens (tertiary/aromatic N) is 6. The maximum Gasteiger partial charge on any atom is 0.252 e. The summed E-state index contributed by atoms with van der Waals surface area (Å²) in [5.41, 5.74) is 2.75. The van der Waals surface area contributed by atoms with E-state index in [1.807, 2.05) is 29.8 Å². The van der Waals surface area contributed by atoms with Gasteiger partial charge in [0.1, 0.15) is 0 Å². The summed E-state index contributed by atoms with van der Waals surface area (Å²) >= 11 is 0. The van der Waals surface area contributed by atoms with E-state index < -0.39 is 0 Å². The molecule has 9 heteroatoms. The van der Waals surface area contributed by atoms with Gasteiger partial charge in [-0.15, -0.1) is 5.10 Å². The molecule has 182 valence electrons. The lowest BCUT2D eigenvalue weighted by Crippen LogP contribution is -2.41. The van der Waals surface area contributed by atoms with Crippen molar-refractivity contribution in [3.63, 3.8) is 0 Å². The van der Waals surface area contributed by atoms with Crippen LogP contribution in [0.3, 0.4) is 0 Å². The number of hydrogen-bond donors (Lipinski definition) is 1. The normalized spacial score (nSPS) is 18.2. The molecule has 1 aliphatic carbocycles. The Labute approximate surface area is 200 Å². The van der Waals surface area contributed by atoms with E-state index in [-0.39, 0.29) is 5.56 Å². The number of fused-ring (bicyclic) bond motifs is 1. The smallest absolute Gasteiger partial charge is 0.252 e. The largest absolute Gasteiger partial charge is 0.379 e. The van der Waals surface area contributed by atoms with Crippen LogP contribution in [0, 0.1) is 6.92 Å². The number of nitrogens with one attached hydrogen (secondary N) is 1. The molecule has 2 aromatic heterocycles. The van der Waals surface area contributed by atoms with Crippen molar-refractivity contribution in [1.29, 1.82) is 0 Å². The number of aromatic amines is 1. The zero-order valence-electron chi connectivity index (χ0n) is 20.1. The predicted octanol–water partition coefficient (Wildman–Crippen LogP) is 2.66. The number of benzene rings is 1. The maximum atomic E-state index is 13.0. The molecule has 3 aromatic rings. The number of hydrogen-bond acceptors (Lipinski definition) is 7. The van der Waals surface area contributed by atoms with Crippen LogP contribution < -0.4 is 5.56 Å². The van der Waals surface area contributed by atoms with Crippen LogP contribution in [0.1, 0.15) is 55.1 Å². The molecule has 1 saturated carbocycles. The zero-order chi connectivity index (χ0) is 23.3. The molecular weight excluding hydrogens is 430 g/mol. The molecule has 1 aliphatic heterocycles. The second-order valence-corrected chi connectivity index (χ2v) is 9.66. The second-order valence-electron chi connectivity index (χ2n) is 9.66. The van der Waals surface area contributed by atoms with Crippen molar-refractivity contribution in [3.05, 3.63) is 51.6 Å². The highest BCUT2D eigenvalue weighted by Gasteiger charge is 2.22. The molecule has 0 unspecified atom stereocenters. The average molecular weight is 466 g/mol. The van der Waals surface area contributed by atoms with E-state index in [0.29, 0.717) is 19.1 Å². The van der Waals surface area contributed by atoms with E-state index in [0.717, 1.165) is 80.1 Å². The van der Waals surface area contributed by atoms with Gasteiger partial charge in [0, 0.05) is 38.3 Å². The summed E-state index contributed by atoms with van der Waals surface area (Å²) in [6, 6.07) is 8.54. The van der Waals surface area contributed by atoms with E-state index >= 15 is 0 Å². The van der Waals surface area contributed by atoms with Crippen molar-refractivity contribution < 1.29 is 4.74 Å². The molecule has 1 N–H and O–H groups in total. The molecule has 1 aromatic carbocycles. The summed E-state index contributed by atoms with van der Waals surface area (Å²) in [7, 11) is 0. The van der Waals surface area contributed by atoms with Crippen LogP contribution >= 0.6 is 0 Å². The first-order chi connectivity index (χ1) is 16.7. The fraction of sp³-hybridized carbons (Fsp3) is 0.600. The predicted molar refractivity (Wildman–Crippen MR) is 131 cm³/mol. The Bertz CT molecular complexity index is 1150. The summed E-state index contributed by atoms with van der Waals surface area (Å²) < 4.78 is 7.54. The molecule has 1 saturated heterocycles. The number of rotatable bonds is 8. The quantitative estimate of drug-likeness (QED) is 0.547. The zero-order valence-corrected chi connectivity index (χ0v) is 20.1. The van der Waals surface area contributed by atoms with Gasteiger partial charge in [0.25, 0.3) is 5.56 Å². The highest BCUT2D eigenvalue weighted by atomic mass is 16.5. The number of ether oxygens (including phenoxy) is 1. The van der Waals surface area contributed by atoms with Crippen LogP contribution in [0.4, 0.5) is 0 Å². The van der Waals surface area contributed by atoms with Gasteiger partial charge in [-0.3, -0.25) is 14.6 Å². The summed E-state index contributed by atoms with van der Waals surface area (Å²) in [5.74, 6) is 0.891. The van der Waals surface area contributed by atoms with Crippen molar-refractivity contribution in [2.75, 3.05) is 39.4 Å². The molecule has 2 fully saturated rings. The Balaban J connectivity index is 1.37. The summed E-state index contributed by atoms with van der Waals surface area (Å²) in [4.78, 5) is 20.8. The fourth-order valence-electron chi connectivity index (χ4n) is 5.23. The van der Waals surface area contributed by atoms with Crippen molar-refractivity contribution in [3.8, 4) is 0 Å². The molecule has 0 spiro atoms. The van der Waals surface area contributed by atoms with E-state index in [2.05, 4.69) is 36.4 Å². The topological polar surface area (TPSA) is 92.2 Å². The number of H-pyrrole nitrogens is 1. The van der Waals surface area contributed by atoms with E-state index in [9.17, 15) is 4.79 Å². The molecular formula is C25H35N7O2. The van der Waals surface area contributed by atoms with Gasteiger partial charge in [-0.2, -0.15) is 0 Å². The van der Waals surface area contributed by atoms with Gasteiger partial charge in [0.15, 0.2) is 5.82 Å². The van der Waals surface area contributed by atoms with E-state index in [1.54, 1.807) is 0 Å². The first-order valence-electron chi connectivity index (χ1n) is 12.6. The fourth-order valence-corrected chi connectivity index (χ4v) is 5.23. The summed E-state index contributed by atoms with van der Waals surface area (Å²) in [6.07, 6.45) is 6.03. The number of pyridine rings is 1. The van der Waals surface area contributed by atoms with Crippen LogP contribution in [0.15, 0.2) is 29.1 Å². The van der Waals surface area contributed by atoms with E-state index in [4.69, 9.17) is 4.74 Å². The minimum Gasteiger partial charge on any atom is -0.379 e. The van der Waals surface area contributed by atoms with Crippen LogP contribution in [0.25, 0.3) is 10.9 Å². The van der Waals surface area contributed by atoms with Crippen LogP contribution in [-0.4, -0.2) is 74.4 Å². The van der Waals surface area contributed by atoms with Gasteiger partial charge in [-0.05, 0) is 47.2 Å². The lowest BCUT2D eigenvalue weighted by molar-refractivity contribution is 0.0322. The van der Waals surface area contributed by atoms with E-state index in [1.165, 1.54) is 19.3 Å². The minimum absolute atomic E-state index is 0.0231. The maximum absolute atomic E-state index is 13.0. The Hall–Kier alpha value is -2.62. The number of morpholine rings is 1. The van der Waals surface area contributed by atoms with Gasteiger partial charge in [0.2, 0.25) is 0 Å². The Morgan fingerprint density at radius 2 is 1.97 bits per heavy atom. The molecule has 0 amide bonds. The third-order valence-electron chi connectivity index (χ3n) is 7.24. The van der Waals surface area contributed by atoms with Crippen molar-refractivity contribution in [2.45, 2.75) is 58.2 Å². The van der Waals surface area contributed by atoms with Gasteiger partial charge < -0.3 is 9.72 Å². The third kappa shape index (κ3) is 5.37. The minimum atomic E-state index is -0.0231. The second kappa shape index (κ2) is 10.8.